The van der Waals surface area contributed by atoms with Crippen molar-refractivity contribution in [2.45, 2.75) is 32.5 Å². The fourth-order valence-electron chi connectivity index (χ4n) is 2.46. The Morgan fingerprint density at radius 3 is 2.30 bits per heavy atom. The van der Waals surface area contributed by atoms with E-state index in [2.05, 4.69) is 10.6 Å². The SMILES string of the molecule is CC(C)[C@H](NC(=O)c1ccco1)C(=O)NCCc1ccc(C(F)(F)F)cc1. The largest absolute Gasteiger partial charge is 0.459 e. The molecule has 1 atom stereocenters. The van der Waals surface area contributed by atoms with Crippen molar-refractivity contribution < 1.29 is 27.2 Å². The second-order valence-corrected chi connectivity index (χ2v) is 6.41. The van der Waals surface area contributed by atoms with E-state index in [1.807, 2.05) is 0 Å². The number of amides is 2. The quantitative estimate of drug-likeness (QED) is 0.771. The molecule has 0 radical (unpaired) electrons. The molecule has 8 heteroatoms. The first-order valence-electron chi connectivity index (χ1n) is 8.46. The van der Waals surface area contributed by atoms with Crippen molar-refractivity contribution in [1.82, 2.24) is 10.6 Å². The Morgan fingerprint density at radius 1 is 1.11 bits per heavy atom. The molecule has 0 aliphatic heterocycles. The molecule has 0 fully saturated rings. The van der Waals surface area contributed by atoms with Crippen molar-refractivity contribution in [2.24, 2.45) is 5.92 Å². The minimum Gasteiger partial charge on any atom is -0.459 e. The van der Waals surface area contributed by atoms with Crippen molar-refractivity contribution in [3.63, 3.8) is 0 Å². The van der Waals surface area contributed by atoms with Crippen LogP contribution >= 0.6 is 0 Å². The summed E-state index contributed by atoms with van der Waals surface area (Å²) in [6.45, 7) is 3.83. The maximum atomic E-state index is 12.5. The maximum Gasteiger partial charge on any atom is 0.416 e. The Kier molecular flexibility index (Phi) is 6.65. The summed E-state index contributed by atoms with van der Waals surface area (Å²) in [7, 11) is 0. The first-order valence-corrected chi connectivity index (χ1v) is 8.46. The van der Waals surface area contributed by atoms with Gasteiger partial charge in [-0.3, -0.25) is 9.59 Å². The van der Waals surface area contributed by atoms with Crippen molar-refractivity contribution in [3.8, 4) is 0 Å². The van der Waals surface area contributed by atoms with Crippen LogP contribution in [-0.2, 0) is 17.4 Å². The molecule has 1 aromatic heterocycles. The highest BCUT2D eigenvalue weighted by Gasteiger charge is 2.30. The molecule has 0 unspecified atom stereocenters. The van der Waals surface area contributed by atoms with E-state index in [0.717, 1.165) is 12.1 Å². The molecule has 2 N–H and O–H groups in total. The fraction of sp³-hybridized carbons (Fsp3) is 0.368. The van der Waals surface area contributed by atoms with Crippen LogP contribution in [0.15, 0.2) is 47.1 Å². The number of benzene rings is 1. The van der Waals surface area contributed by atoms with Crippen LogP contribution in [0.3, 0.4) is 0 Å². The number of nitrogens with one attached hydrogen (secondary N) is 2. The molecule has 0 aliphatic carbocycles. The van der Waals surface area contributed by atoms with Crippen LogP contribution in [0.25, 0.3) is 0 Å². The van der Waals surface area contributed by atoms with Crippen LogP contribution in [0.4, 0.5) is 13.2 Å². The molecule has 2 rings (SSSR count). The van der Waals surface area contributed by atoms with Gasteiger partial charge >= 0.3 is 6.18 Å². The zero-order valence-corrected chi connectivity index (χ0v) is 15.0. The lowest BCUT2D eigenvalue weighted by atomic mass is 10.0. The predicted octanol–water partition coefficient (Wildman–Crippen LogP) is 3.41. The number of alkyl halides is 3. The van der Waals surface area contributed by atoms with Gasteiger partial charge in [-0.05, 0) is 42.2 Å². The lowest BCUT2D eigenvalue weighted by molar-refractivity contribution is -0.137. The topological polar surface area (TPSA) is 71.3 Å². The van der Waals surface area contributed by atoms with Gasteiger partial charge in [0, 0.05) is 6.54 Å². The molecule has 0 spiro atoms. The molecule has 0 saturated carbocycles. The highest BCUT2D eigenvalue weighted by atomic mass is 19.4. The third-order valence-corrected chi connectivity index (χ3v) is 3.97. The molecule has 2 aromatic rings. The summed E-state index contributed by atoms with van der Waals surface area (Å²) >= 11 is 0. The summed E-state index contributed by atoms with van der Waals surface area (Å²) in [6.07, 6.45) is -2.63. The number of carbonyl (C=O) groups is 2. The summed E-state index contributed by atoms with van der Waals surface area (Å²) in [6, 6.07) is 7.10. The average Bonchev–Trinajstić information content (AvgIpc) is 3.13. The molecule has 27 heavy (non-hydrogen) atoms. The number of furan rings is 1. The number of hydrogen-bond donors (Lipinski definition) is 2. The summed E-state index contributed by atoms with van der Waals surface area (Å²) in [5, 5.41) is 5.32. The van der Waals surface area contributed by atoms with Gasteiger partial charge in [0.25, 0.3) is 5.91 Å². The van der Waals surface area contributed by atoms with E-state index >= 15 is 0 Å². The van der Waals surface area contributed by atoms with E-state index < -0.39 is 23.7 Å². The van der Waals surface area contributed by atoms with Crippen LogP contribution < -0.4 is 10.6 Å². The molecule has 0 saturated heterocycles. The Bertz CT molecular complexity index is 754. The number of rotatable bonds is 7. The molecular weight excluding hydrogens is 361 g/mol. The van der Waals surface area contributed by atoms with E-state index in [9.17, 15) is 22.8 Å². The summed E-state index contributed by atoms with van der Waals surface area (Å²) in [4.78, 5) is 24.4. The van der Waals surface area contributed by atoms with Crippen LogP contribution in [0.1, 0.15) is 35.5 Å². The van der Waals surface area contributed by atoms with Gasteiger partial charge in [0.1, 0.15) is 6.04 Å². The predicted molar refractivity (Wildman–Crippen MR) is 93.0 cm³/mol. The third-order valence-electron chi connectivity index (χ3n) is 3.97. The molecule has 2 amide bonds. The lowest BCUT2D eigenvalue weighted by Gasteiger charge is -2.21. The highest BCUT2D eigenvalue weighted by Crippen LogP contribution is 2.29. The van der Waals surface area contributed by atoms with Crippen LogP contribution in [0, 0.1) is 5.92 Å². The minimum atomic E-state index is -4.37. The van der Waals surface area contributed by atoms with Crippen LogP contribution in [0.2, 0.25) is 0 Å². The third kappa shape index (κ3) is 5.87. The first-order chi connectivity index (χ1) is 12.7. The highest BCUT2D eigenvalue weighted by molar-refractivity contribution is 5.95. The van der Waals surface area contributed by atoms with Crippen LogP contribution in [0.5, 0.6) is 0 Å². The molecule has 1 aromatic carbocycles. The zero-order valence-electron chi connectivity index (χ0n) is 15.0. The average molecular weight is 382 g/mol. The van der Waals surface area contributed by atoms with Crippen molar-refractivity contribution in [3.05, 3.63) is 59.5 Å². The van der Waals surface area contributed by atoms with Gasteiger partial charge in [-0.2, -0.15) is 13.2 Å². The molecule has 5 nitrogen and oxygen atoms in total. The number of carbonyl (C=O) groups excluding carboxylic acids is 2. The van der Waals surface area contributed by atoms with Crippen molar-refractivity contribution in [1.29, 1.82) is 0 Å². The Morgan fingerprint density at radius 2 is 1.78 bits per heavy atom. The monoisotopic (exact) mass is 382 g/mol. The first kappa shape index (κ1) is 20.5. The summed E-state index contributed by atoms with van der Waals surface area (Å²) in [5.74, 6) is -0.901. The summed E-state index contributed by atoms with van der Waals surface area (Å²) in [5.41, 5.74) is -0.0418. The molecule has 1 heterocycles. The molecule has 0 bridgehead atoms. The fourth-order valence-corrected chi connectivity index (χ4v) is 2.46. The van der Waals surface area contributed by atoms with Gasteiger partial charge in [0.05, 0.1) is 11.8 Å². The van der Waals surface area contributed by atoms with Gasteiger partial charge in [-0.25, -0.2) is 0 Å². The Balaban J connectivity index is 1.87. The molecular formula is C19H21F3N2O3. The van der Waals surface area contributed by atoms with Gasteiger partial charge in [0.2, 0.25) is 5.91 Å². The standard InChI is InChI=1S/C19H21F3N2O3/c1-12(2)16(24-17(25)15-4-3-11-27-15)18(26)23-10-9-13-5-7-14(8-6-13)19(20,21)22/h3-8,11-12,16H,9-10H2,1-2H3,(H,23,26)(H,24,25)/t16-/m0/s1. The van der Waals surface area contributed by atoms with Gasteiger partial charge in [-0.15, -0.1) is 0 Å². The summed E-state index contributed by atoms with van der Waals surface area (Å²) < 4.78 is 42.7. The van der Waals surface area contributed by atoms with Crippen LogP contribution in [-0.4, -0.2) is 24.4 Å². The van der Waals surface area contributed by atoms with E-state index in [4.69, 9.17) is 4.42 Å². The van der Waals surface area contributed by atoms with Crippen molar-refractivity contribution in [2.75, 3.05) is 6.54 Å². The molecule has 146 valence electrons. The second-order valence-electron chi connectivity index (χ2n) is 6.41. The normalized spacial score (nSPS) is 12.7. The zero-order chi connectivity index (χ0) is 20.0. The Labute approximate surface area is 154 Å². The van der Waals surface area contributed by atoms with E-state index in [-0.39, 0.29) is 24.1 Å². The molecule has 0 aliphatic rings. The minimum absolute atomic E-state index is 0.109. The second kappa shape index (κ2) is 8.75. The van der Waals surface area contributed by atoms with Gasteiger partial charge in [0.15, 0.2) is 5.76 Å². The van der Waals surface area contributed by atoms with E-state index in [1.165, 1.54) is 24.5 Å². The van der Waals surface area contributed by atoms with E-state index in [0.29, 0.717) is 12.0 Å². The van der Waals surface area contributed by atoms with E-state index in [1.54, 1.807) is 19.9 Å². The maximum absolute atomic E-state index is 12.5. The number of hydrogen-bond acceptors (Lipinski definition) is 3. The number of halogens is 3. The lowest BCUT2D eigenvalue weighted by Crippen LogP contribution is -2.50. The van der Waals surface area contributed by atoms with Crippen molar-refractivity contribution >= 4 is 11.8 Å². The Hall–Kier alpha value is -2.77. The smallest absolute Gasteiger partial charge is 0.416 e. The van der Waals surface area contributed by atoms with Gasteiger partial charge < -0.3 is 15.1 Å². The van der Waals surface area contributed by atoms with Gasteiger partial charge in [-0.1, -0.05) is 26.0 Å².